The lowest BCUT2D eigenvalue weighted by Gasteiger charge is -2.33. The molecule has 0 bridgehead atoms. The van der Waals surface area contributed by atoms with E-state index in [4.69, 9.17) is 14.2 Å². The Morgan fingerprint density at radius 3 is 1.88 bits per heavy atom. The molecule has 0 radical (unpaired) electrons. The summed E-state index contributed by atoms with van der Waals surface area (Å²) in [6.45, 7) is 1.79. The number of rotatable bonds is 1. The van der Waals surface area contributed by atoms with Gasteiger partial charge in [0.25, 0.3) is 0 Å². The molecule has 1 rings (SSSR count). The minimum atomic E-state index is -2.73. The van der Waals surface area contributed by atoms with Crippen LogP contribution in [0.15, 0.2) is 0 Å². The van der Waals surface area contributed by atoms with E-state index < -0.39 is 10.8 Å². The van der Waals surface area contributed by atoms with Crippen molar-refractivity contribution in [2.75, 3.05) is 0 Å². The van der Waals surface area contributed by atoms with Crippen molar-refractivity contribution in [2.45, 2.75) is 24.5 Å². The lowest BCUT2D eigenvalue weighted by molar-refractivity contribution is 0.472. The second-order valence-corrected chi connectivity index (χ2v) is 4.71. The molecule has 1 aliphatic carbocycles. The Hall–Kier alpha value is 0.230. The third-order valence-electron chi connectivity index (χ3n) is 1.68. The molecule has 0 unspecified atom stereocenters. The summed E-state index contributed by atoms with van der Waals surface area (Å²) in [6.07, 6.45) is 1.71. The lowest BCUT2D eigenvalue weighted by Crippen LogP contribution is -2.22. The van der Waals surface area contributed by atoms with Crippen LogP contribution in [0.1, 0.15) is 19.8 Å². The summed E-state index contributed by atoms with van der Waals surface area (Å²) in [5, 5.41) is 5.07. The first kappa shape index (κ1) is 6.35. The van der Waals surface area contributed by atoms with Crippen LogP contribution < -0.4 is 5.14 Å². The van der Waals surface area contributed by atoms with Crippen molar-refractivity contribution in [1.82, 2.24) is 0 Å². The first-order chi connectivity index (χ1) is 3.46. The first-order valence-electron chi connectivity index (χ1n) is 2.51. The fourth-order valence-corrected chi connectivity index (χ4v) is 1.18. The van der Waals surface area contributed by atoms with Crippen LogP contribution in [0.2, 0.25) is 0 Å². The number of nitrogens with two attached hydrogens (primary N) is 1. The molecule has 1 fully saturated rings. The maximum Gasteiger partial charge on any atom is 0.0717 e. The number of hydrogen-bond acceptors (Lipinski definition) is 3. The van der Waals surface area contributed by atoms with Crippen LogP contribution in [-0.4, -0.2) is 13.9 Å². The highest BCUT2D eigenvalue weighted by atomic mass is 32.3. The van der Waals surface area contributed by atoms with Gasteiger partial charge in [-0.1, -0.05) is 0 Å². The summed E-state index contributed by atoms with van der Waals surface area (Å²) >= 11 is 0. The molecular formula is C4H11NO2S. The van der Waals surface area contributed by atoms with Gasteiger partial charge in [0.15, 0.2) is 0 Å². The van der Waals surface area contributed by atoms with Crippen molar-refractivity contribution in [3.05, 3.63) is 0 Å². The van der Waals surface area contributed by atoms with E-state index in [1.165, 1.54) is 0 Å². The molecule has 50 valence electrons. The zero-order chi connectivity index (χ0) is 6.41. The molecular weight excluding hydrogens is 126 g/mol. The Kier molecular flexibility index (Phi) is 1.10. The Labute approximate surface area is 50.4 Å². The van der Waals surface area contributed by atoms with Gasteiger partial charge < -0.3 is 0 Å². The zero-order valence-electron chi connectivity index (χ0n) is 4.79. The van der Waals surface area contributed by atoms with Crippen molar-refractivity contribution in [2.24, 2.45) is 5.14 Å². The van der Waals surface area contributed by atoms with Crippen LogP contribution in [0, 0.1) is 0 Å². The van der Waals surface area contributed by atoms with Gasteiger partial charge in [-0.3, -0.25) is 9.11 Å². The van der Waals surface area contributed by atoms with E-state index in [0.717, 1.165) is 12.8 Å². The Morgan fingerprint density at radius 1 is 1.50 bits per heavy atom. The van der Waals surface area contributed by atoms with Gasteiger partial charge in [-0.2, -0.15) is 0 Å². The highest BCUT2D eigenvalue weighted by Crippen LogP contribution is 2.60. The average Bonchev–Trinajstić information content (AvgIpc) is 2.16. The smallest absolute Gasteiger partial charge is 0.0717 e. The van der Waals surface area contributed by atoms with E-state index in [0.29, 0.717) is 0 Å². The average molecular weight is 137 g/mol. The molecule has 0 aliphatic heterocycles. The van der Waals surface area contributed by atoms with E-state index in [2.05, 4.69) is 0 Å². The Morgan fingerprint density at radius 2 is 1.88 bits per heavy atom. The minimum Gasteiger partial charge on any atom is -0.285 e. The fourth-order valence-electron chi connectivity index (χ4n) is 0.476. The van der Waals surface area contributed by atoms with Gasteiger partial charge in [-0.15, -0.1) is 10.8 Å². The monoisotopic (exact) mass is 137 g/mol. The van der Waals surface area contributed by atoms with Crippen LogP contribution in [-0.2, 0) is 0 Å². The standard InChI is InChI=1S/C4H11NO2S/c1-4(2-3-4)8(5,6)7/h6-7H,2-3,5H2,1H3. The van der Waals surface area contributed by atoms with Gasteiger partial charge in [-0.25, -0.2) is 5.14 Å². The third-order valence-corrected chi connectivity index (χ3v) is 3.54. The molecule has 0 aromatic rings. The van der Waals surface area contributed by atoms with E-state index >= 15 is 0 Å². The quantitative estimate of drug-likeness (QED) is 0.508. The highest BCUT2D eigenvalue weighted by molar-refractivity contribution is 8.23. The van der Waals surface area contributed by atoms with Crippen molar-refractivity contribution in [3.8, 4) is 0 Å². The fraction of sp³-hybridized carbons (Fsp3) is 1.00. The van der Waals surface area contributed by atoms with Crippen LogP contribution in [0.3, 0.4) is 0 Å². The van der Waals surface area contributed by atoms with E-state index in [1.807, 2.05) is 0 Å². The molecule has 4 N–H and O–H groups in total. The first-order valence-corrected chi connectivity index (χ1v) is 4.12. The van der Waals surface area contributed by atoms with Gasteiger partial charge in [-0.05, 0) is 19.8 Å². The van der Waals surface area contributed by atoms with Crippen molar-refractivity contribution < 1.29 is 9.11 Å². The molecule has 0 heterocycles. The molecule has 1 aliphatic rings. The molecule has 0 amide bonds. The predicted octanol–water partition coefficient (Wildman–Crippen LogP) is 1.16. The minimum absolute atomic E-state index is 0.340. The van der Waals surface area contributed by atoms with Crippen LogP contribution in [0.4, 0.5) is 0 Å². The second kappa shape index (κ2) is 1.39. The van der Waals surface area contributed by atoms with E-state index in [1.54, 1.807) is 6.92 Å². The van der Waals surface area contributed by atoms with Crippen LogP contribution in [0.5, 0.6) is 0 Å². The molecule has 8 heavy (non-hydrogen) atoms. The maximum absolute atomic E-state index is 8.83. The normalized spacial score (nSPS) is 27.5. The molecule has 3 nitrogen and oxygen atoms in total. The zero-order valence-corrected chi connectivity index (χ0v) is 5.61. The van der Waals surface area contributed by atoms with Gasteiger partial charge in [0.2, 0.25) is 0 Å². The SMILES string of the molecule is CC1(S(N)(O)O)CC1. The van der Waals surface area contributed by atoms with Crippen LogP contribution >= 0.6 is 10.8 Å². The molecule has 0 aromatic carbocycles. The summed E-state index contributed by atoms with van der Waals surface area (Å²) in [5.41, 5.74) is 0. The Balaban J connectivity index is 2.58. The topological polar surface area (TPSA) is 66.5 Å². The molecule has 1 saturated carbocycles. The molecule has 0 atom stereocenters. The van der Waals surface area contributed by atoms with Gasteiger partial charge in [0.05, 0.1) is 4.75 Å². The number of hydrogen-bond donors (Lipinski definition) is 3. The lowest BCUT2D eigenvalue weighted by atomic mass is 10.5. The van der Waals surface area contributed by atoms with Crippen LogP contribution in [0.25, 0.3) is 0 Å². The summed E-state index contributed by atoms with van der Waals surface area (Å²) in [6, 6.07) is 0. The van der Waals surface area contributed by atoms with Crippen molar-refractivity contribution in [1.29, 1.82) is 0 Å². The van der Waals surface area contributed by atoms with Gasteiger partial charge >= 0.3 is 0 Å². The summed E-state index contributed by atoms with van der Waals surface area (Å²) < 4.78 is 17.3. The summed E-state index contributed by atoms with van der Waals surface area (Å²) in [5.74, 6) is 0. The van der Waals surface area contributed by atoms with Gasteiger partial charge in [0, 0.05) is 0 Å². The van der Waals surface area contributed by atoms with Crippen molar-refractivity contribution >= 4 is 10.8 Å². The molecule has 0 spiro atoms. The summed E-state index contributed by atoms with van der Waals surface area (Å²) in [4.78, 5) is 0. The van der Waals surface area contributed by atoms with E-state index in [-0.39, 0.29) is 4.75 Å². The second-order valence-electron chi connectivity index (χ2n) is 2.54. The van der Waals surface area contributed by atoms with E-state index in [9.17, 15) is 0 Å². The third kappa shape index (κ3) is 0.842. The van der Waals surface area contributed by atoms with Crippen molar-refractivity contribution in [3.63, 3.8) is 0 Å². The maximum atomic E-state index is 8.83. The van der Waals surface area contributed by atoms with Gasteiger partial charge in [0.1, 0.15) is 0 Å². The predicted molar refractivity (Wildman–Crippen MR) is 34.7 cm³/mol. The molecule has 4 heteroatoms. The largest absolute Gasteiger partial charge is 0.285 e. The summed E-state index contributed by atoms with van der Waals surface area (Å²) in [7, 11) is -2.73. The highest BCUT2D eigenvalue weighted by Gasteiger charge is 2.47. The molecule has 0 saturated heterocycles. The Bertz CT molecular complexity index is 102. The molecule has 0 aromatic heterocycles.